The number of allylic oxidation sites excluding steroid dienone is 1. The molecule has 0 atom stereocenters. The molecule has 0 radical (unpaired) electrons. The highest BCUT2D eigenvalue weighted by atomic mass is 79.9. The van der Waals surface area contributed by atoms with E-state index in [-0.39, 0.29) is 0 Å². The lowest BCUT2D eigenvalue weighted by atomic mass is 10.1. The van der Waals surface area contributed by atoms with Gasteiger partial charge >= 0.3 is 0 Å². The molecule has 0 bridgehead atoms. The number of hydrogen-bond donors (Lipinski definition) is 0. The van der Waals surface area contributed by atoms with Crippen molar-refractivity contribution in [2.24, 2.45) is 0 Å². The molecule has 0 unspecified atom stereocenters. The van der Waals surface area contributed by atoms with Gasteiger partial charge in [0.05, 0.1) is 11.7 Å². The summed E-state index contributed by atoms with van der Waals surface area (Å²) in [5.41, 5.74) is 3.27. The predicted octanol–water partition coefficient (Wildman–Crippen LogP) is 2.74. The van der Waals surface area contributed by atoms with Gasteiger partial charge in [-0.05, 0) is 17.7 Å². The van der Waals surface area contributed by atoms with Gasteiger partial charge in [0, 0.05) is 17.1 Å². The highest BCUT2D eigenvalue weighted by Crippen LogP contribution is 2.19. The monoisotopic (exact) mass is 236 g/mol. The molecule has 2 rings (SSSR count). The Labute approximate surface area is 85.0 Å². The van der Waals surface area contributed by atoms with Crippen molar-refractivity contribution >= 4 is 27.0 Å². The van der Waals surface area contributed by atoms with Crippen LogP contribution in [0.4, 0.5) is 0 Å². The first kappa shape index (κ1) is 8.51. The largest absolute Gasteiger partial charge is 0.240 e. The highest BCUT2D eigenvalue weighted by molar-refractivity contribution is 9.09. The van der Waals surface area contributed by atoms with E-state index in [0.29, 0.717) is 0 Å². The molecule has 66 valence electrons. The molecule has 0 amide bonds. The van der Waals surface area contributed by atoms with Crippen LogP contribution in [0.15, 0.2) is 37.2 Å². The summed E-state index contributed by atoms with van der Waals surface area (Å²) in [6.45, 7) is 3.97. The number of hydrogen-bond acceptors (Lipinski definition) is 1. The lowest BCUT2D eigenvalue weighted by molar-refractivity contribution is 0.961. The smallest absolute Gasteiger partial charge is 0.0736 e. The summed E-state index contributed by atoms with van der Waals surface area (Å²) >= 11 is 3.39. The Morgan fingerprint density at radius 3 is 3.15 bits per heavy atom. The molecule has 0 N–H and O–H groups in total. The average molecular weight is 237 g/mol. The fraction of sp³-hybridized carbons (Fsp3) is 0.100. The first-order chi connectivity index (χ1) is 6.33. The molecule has 13 heavy (non-hydrogen) atoms. The summed E-state index contributed by atoms with van der Waals surface area (Å²) in [7, 11) is 0. The molecule has 0 fully saturated rings. The third-order valence-electron chi connectivity index (χ3n) is 1.97. The zero-order valence-corrected chi connectivity index (χ0v) is 8.66. The standard InChI is InChI=1S/C10H9BrN2/c1-8(6-11)9-7-12-13-5-3-2-4-10(9)13/h2-5,7H,1,6H2. The van der Waals surface area contributed by atoms with Gasteiger partial charge in [-0.3, -0.25) is 0 Å². The first-order valence-electron chi connectivity index (χ1n) is 3.99. The molecule has 2 heterocycles. The number of pyridine rings is 1. The molecule has 0 saturated carbocycles. The zero-order chi connectivity index (χ0) is 9.26. The van der Waals surface area contributed by atoms with Crippen molar-refractivity contribution in [3.05, 3.63) is 42.7 Å². The zero-order valence-electron chi connectivity index (χ0n) is 7.07. The van der Waals surface area contributed by atoms with Crippen molar-refractivity contribution in [2.45, 2.75) is 0 Å². The molecule has 2 nitrogen and oxygen atoms in total. The maximum absolute atomic E-state index is 4.22. The van der Waals surface area contributed by atoms with Crippen LogP contribution in [-0.4, -0.2) is 14.9 Å². The molecule has 0 spiro atoms. The number of halogens is 1. The van der Waals surface area contributed by atoms with Gasteiger partial charge in [0.1, 0.15) is 0 Å². The van der Waals surface area contributed by atoms with Crippen molar-refractivity contribution in [3.8, 4) is 0 Å². The maximum Gasteiger partial charge on any atom is 0.0736 e. The Balaban J connectivity index is 2.64. The maximum atomic E-state index is 4.22. The van der Waals surface area contributed by atoms with Gasteiger partial charge in [-0.2, -0.15) is 5.10 Å². The Kier molecular flexibility index (Phi) is 2.19. The number of rotatable bonds is 2. The first-order valence-corrected chi connectivity index (χ1v) is 5.11. The number of nitrogens with zero attached hydrogens (tertiary/aromatic N) is 2. The second kappa shape index (κ2) is 3.34. The van der Waals surface area contributed by atoms with E-state index in [4.69, 9.17) is 0 Å². The Hall–Kier alpha value is -1.09. The van der Waals surface area contributed by atoms with Crippen LogP contribution in [0.25, 0.3) is 11.1 Å². The molecule has 0 aliphatic heterocycles. The van der Waals surface area contributed by atoms with Gasteiger partial charge in [-0.15, -0.1) is 0 Å². The van der Waals surface area contributed by atoms with Crippen molar-refractivity contribution in [1.82, 2.24) is 9.61 Å². The molecule has 2 aromatic rings. The SMILES string of the molecule is C=C(CBr)c1cnn2ccccc12. The van der Waals surface area contributed by atoms with E-state index in [1.165, 1.54) is 0 Å². The van der Waals surface area contributed by atoms with Gasteiger partial charge in [-0.25, -0.2) is 4.52 Å². The Morgan fingerprint density at radius 1 is 1.54 bits per heavy atom. The predicted molar refractivity (Wildman–Crippen MR) is 58.0 cm³/mol. The fourth-order valence-corrected chi connectivity index (χ4v) is 1.58. The van der Waals surface area contributed by atoms with Gasteiger partial charge in [0.2, 0.25) is 0 Å². The van der Waals surface area contributed by atoms with Crippen molar-refractivity contribution in [1.29, 1.82) is 0 Å². The normalized spacial score (nSPS) is 10.5. The summed E-state index contributed by atoms with van der Waals surface area (Å²) < 4.78 is 1.85. The van der Waals surface area contributed by atoms with Crippen LogP contribution in [0.1, 0.15) is 5.56 Å². The Morgan fingerprint density at radius 2 is 2.38 bits per heavy atom. The lowest BCUT2D eigenvalue weighted by Crippen LogP contribution is -1.85. The number of fused-ring (bicyclic) bond motifs is 1. The van der Waals surface area contributed by atoms with E-state index in [1.807, 2.05) is 35.1 Å². The van der Waals surface area contributed by atoms with Crippen LogP contribution in [0.3, 0.4) is 0 Å². The summed E-state index contributed by atoms with van der Waals surface area (Å²) in [4.78, 5) is 0. The lowest BCUT2D eigenvalue weighted by Gasteiger charge is -1.97. The quantitative estimate of drug-likeness (QED) is 0.734. The fourth-order valence-electron chi connectivity index (χ4n) is 1.28. The summed E-state index contributed by atoms with van der Waals surface area (Å²) in [5.74, 6) is 0. The van der Waals surface area contributed by atoms with E-state index in [0.717, 1.165) is 22.0 Å². The molecular weight excluding hydrogens is 228 g/mol. The third kappa shape index (κ3) is 1.40. The van der Waals surface area contributed by atoms with Gasteiger partial charge in [0.25, 0.3) is 0 Å². The molecule has 0 aliphatic carbocycles. The van der Waals surface area contributed by atoms with Crippen LogP contribution >= 0.6 is 15.9 Å². The minimum Gasteiger partial charge on any atom is -0.240 e. The molecule has 0 saturated heterocycles. The van der Waals surface area contributed by atoms with Crippen LogP contribution in [0, 0.1) is 0 Å². The summed E-state index contributed by atoms with van der Waals surface area (Å²) in [6.07, 6.45) is 3.78. The van der Waals surface area contributed by atoms with E-state index < -0.39 is 0 Å². The molecule has 3 heteroatoms. The molecule has 0 aliphatic rings. The topological polar surface area (TPSA) is 17.3 Å². The van der Waals surface area contributed by atoms with Gasteiger partial charge in [0.15, 0.2) is 0 Å². The van der Waals surface area contributed by atoms with E-state index in [1.54, 1.807) is 0 Å². The highest BCUT2D eigenvalue weighted by Gasteiger charge is 2.04. The van der Waals surface area contributed by atoms with Crippen LogP contribution in [0.2, 0.25) is 0 Å². The summed E-state index contributed by atoms with van der Waals surface area (Å²) in [5, 5.41) is 5.00. The van der Waals surface area contributed by atoms with Gasteiger partial charge < -0.3 is 0 Å². The minimum absolute atomic E-state index is 0.781. The summed E-state index contributed by atoms with van der Waals surface area (Å²) in [6, 6.07) is 6.00. The van der Waals surface area contributed by atoms with Crippen LogP contribution < -0.4 is 0 Å². The number of alkyl halides is 1. The van der Waals surface area contributed by atoms with E-state index in [2.05, 4.69) is 27.6 Å². The Bertz CT molecular complexity index is 445. The second-order valence-corrected chi connectivity index (χ2v) is 3.39. The van der Waals surface area contributed by atoms with E-state index >= 15 is 0 Å². The van der Waals surface area contributed by atoms with E-state index in [9.17, 15) is 0 Å². The average Bonchev–Trinajstić information content (AvgIpc) is 2.60. The van der Waals surface area contributed by atoms with Crippen molar-refractivity contribution < 1.29 is 0 Å². The molecule has 2 aromatic heterocycles. The number of aromatic nitrogens is 2. The second-order valence-electron chi connectivity index (χ2n) is 2.83. The van der Waals surface area contributed by atoms with Crippen molar-refractivity contribution in [2.75, 3.05) is 5.33 Å². The van der Waals surface area contributed by atoms with Crippen LogP contribution in [-0.2, 0) is 0 Å². The van der Waals surface area contributed by atoms with Crippen LogP contribution in [0.5, 0.6) is 0 Å². The van der Waals surface area contributed by atoms with Crippen molar-refractivity contribution in [3.63, 3.8) is 0 Å². The molecular formula is C10H9BrN2. The molecule has 0 aromatic carbocycles. The minimum atomic E-state index is 0.781. The third-order valence-corrected chi connectivity index (χ3v) is 2.65. The van der Waals surface area contributed by atoms with Gasteiger partial charge in [-0.1, -0.05) is 28.6 Å².